The van der Waals surface area contributed by atoms with E-state index in [1.54, 1.807) is 0 Å². The molecule has 2 aromatic rings. The zero-order valence-electron chi connectivity index (χ0n) is 14.2. The molecule has 0 bridgehead atoms. The molecule has 1 aliphatic heterocycles. The van der Waals surface area contributed by atoms with Crippen LogP contribution >= 0.6 is 0 Å². The highest BCUT2D eigenvalue weighted by atomic mass is 16.3. The summed E-state index contributed by atoms with van der Waals surface area (Å²) in [5, 5.41) is 17.2. The maximum atomic E-state index is 12.7. The first-order valence-corrected chi connectivity index (χ1v) is 8.18. The number of hydrogen-bond acceptors (Lipinski definition) is 3. The zero-order valence-corrected chi connectivity index (χ0v) is 14.2. The van der Waals surface area contributed by atoms with Gasteiger partial charge in [0.1, 0.15) is 12.2 Å². The van der Waals surface area contributed by atoms with E-state index in [0.29, 0.717) is 11.6 Å². The Kier molecular flexibility index (Phi) is 3.63. The molecule has 1 atom stereocenters. The molecule has 0 aromatic carbocycles. The molecule has 0 radical (unpaired) electrons. The van der Waals surface area contributed by atoms with Crippen LogP contribution in [0.25, 0.3) is 5.65 Å². The van der Waals surface area contributed by atoms with Gasteiger partial charge in [0.15, 0.2) is 5.65 Å². The molecule has 0 aliphatic carbocycles. The van der Waals surface area contributed by atoms with Crippen LogP contribution in [0.3, 0.4) is 0 Å². The molecule has 5 heteroatoms. The van der Waals surface area contributed by atoms with Crippen LogP contribution in [-0.2, 0) is 18.4 Å². The minimum absolute atomic E-state index is 0.0269. The third-order valence-electron chi connectivity index (χ3n) is 4.35. The molecule has 5 nitrogen and oxygen atoms in total. The molecule has 3 heterocycles. The number of nitrogens with zero attached hydrogens (tertiary/aromatic N) is 3. The molecule has 3 rings (SSSR count). The van der Waals surface area contributed by atoms with Gasteiger partial charge in [0, 0.05) is 23.8 Å². The maximum absolute atomic E-state index is 12.7. The van der Waals surface area contributed by atoms with Gasteiger partial charge in [-0.15, -0.1) is 0 Å². The molecule has 1 aliphatic rings. The van der Waals surface area contributed by atoms with Crippen molar-refractivity contribution >= 4 is 5.65 Å². The normalized spacial score (nSPS) is 18.9. The van der Waals surface area contributed by atoms with E-state index in [1.165, 1.54) is 9.42 Å². The highest BCUT2D eigenvalue weighted by Crippen LogP contribution is 2.26. The second kappa shape index (κ2) is 5.23. The van der Waals surface area contributed by atoms with Crippen molar-refractivity contribution in [2.24, 2.45) is 5.92 Å². The summed E-state index contributed by atoms with van der Waals surface area (Å²) in [6.45, 7) is 13.8. The molecule has 0 fully saturated rings. The minimum atomic E-state index is -0.0738. The Balaban J connectivity index is 2.02. The molecule has 0 amide bonds. The molecular weight excluding hydrogens is 276 g/mol. The maximum Gasteiger partial charge on any atom is 0.155 e. The van der Waals surface area contributed by atoms with Crippen molar-refractivity contribution in [1.82, 2.24) is 14.6 Å². The van der Waals surface area contributed by atoms with E-state index in [-0.39, 0.29) is 11.3 Å². The summed E-state index contributed by atoms with van der Waals surface area (Å²) in [5.41, 5.74) is 3.38. The Hall–Kier alpha value is -1.62. The number of nitrogens with one attached hydrogen (secondary N) is 1. The van der Waals surface area contributed by atoms with E-state index in [9.17, 15) is 5.11 Å². The van der Waals surface area contributed by atoms with Gasteiger partial charge in [-0.25, -0.2) is 9.50 Å². The first-order valence-electron chi connectivity index (χ1n) is 8.18. The smallest absolute Gasteiger partial charge is 0.155 e. The average molecular weight is 302 g/mol. The van der Waals surface area contributed by atoms with Crippen LogP contribution in [0.1, 0.15) is 51.6 Å². The van der Waals surface area contributed by atoms with Gasteiger partial charge in [0.2, 0.25) is 0 Å². The first kappa shape index (κ1) is 15.3. The Labute approximate surface area is 132 Å². The van der Waals surface area contributed by atoms with Crippen molar-refractivity contribution in [3.05, 3.63) is 23.0 Å². The Bertz CT molecular complexity index is 697. The van der Waals surface area contributed by atoms with Gasteiger partial charge in [-0.3, -0.25) is 0 Å². The van der Waals surface area contributed by atoms with Gasteiger partial charge in [-0.1, -0.05) is 34.6 Å². The number of quaternary nitrogens is 1. The van der Waals surface area contributed by atoms with Crippen LogP contribution in [0, 0.1) is 5.92 Å². The number of rotatable bonds is 2. The molecule has 1 N–H and O–H groups in total. The van der Waals surface area contributed by atoms with E-state index in [0.717, 1.165) is 43.0 Å². The first-order chi connectivity index (χ1) is 10.3. The van der Waals surface area contributed by atoms with Gasteiger partial charge in [0.25, 0.3) is 0 Å². The van der Waals surface area contributed by atoms with Crippen molar-refractivity contribution in [2.45, 2.75) is 53.0 Å². The molecule has 1 unspecified atom stereocenters. The summed E-state index contributed by atoms with van der Waals surface area (Å²) in [4.78, 5) is 6.27. The fourth-order valence-corrected chi connectivity index (χ4v) is 3.20. The standard InChI is InChI=1S/C17H26N4O/c1-11(2)9-20-7-6-12-13(10-20)18-15-8-14(17(3,4)5)19-21(15)16(12)22/h8,11,22H,6-7,9-10H2,1-5H3. The van der Waals surface area contributed by atoms with Crippen molar-refractivity contribution < 1.29 is 10.0 Å². The van der Waals surface area contributed by atoms with Crippen LogP contribution in [0.4, 0.5) is 0 Å². The summed E-state index contributed by atoms with van der Waals surface area (Å²) in [5.74, 6) is 0.688. The second-order valence-corrected chi connectivity index (χ2v) is 7.92. The lowest BCUT2D eigenvalue weighted by molar-refractivity contribution is -0.919. The van der Waals surface area contributed by atoms with E-state index >= 15 is 0 Å². The molecule has 22 heavy (non-hydrogen) atoms. The monoisotopic (exact) mass is 302 g/mol. The Morgan fingerprint density at radius 1 is 1.36 bits per heavy atom. The number of hydrogen-bond donors (Lipinski definition) is 1. The lowest BCUT2D eigenvalue weighted by Crippen LogP contribution is -3.12. The summed E-state index contributed by atoms with van der Waals surface area (Å²) in [7, 11) is 0. The van der Waals surface area contributed by atoms with Gasteiger partial charge in [0.05, 0.1) is 18.8 Å². The third kappa shape index (κ3) is 2.70. The molecule has 0 saturated heterocycles. The second-order valence-electron chi connectivity index (χ2n) is 7.92. The molecule has 120 valence electrons. The SMILES string of the molecule is CC(C)C[NH+]1CCc2c(nc3cc(C(C)(C)C)nn3c2[O-])C1. The molecule has 0 spiro atoms. The van der Waals surface area contributed by atoms with Crippen LogP contribution < -0.4 is 10.0 Å². The van der Waals surface area contributed by atoms with E-state index in [2.05, 4.69) is 39.7 Å². The molecule has 0 saturated carbocycles. The van der Waals surface area contributed by atoms with Crippen molar-refractivity contribution in [3.8, 4) is 5.88 Å². The average Bonchev–Trinajstić information content (AvgIpc) is 2.82. The van der Waals surface area contributed by atoms with Gasteiger partial charge in [-0.2, -0.15) is 5.10 Å². The van der Waals surface area contributed by atoms with Gasteiger partial charge in [-0.05, 0) is 11.4 Å². The van der Waals surface area contributed by atoms with Gasteiger partial charge >= 0.3 is 0 Å². The van der Waals surface area contributed by atoms with Crippen molar-refractivity contribution in [3.63, 3.8) is 0 Å². The van der Waals surface area contributed by atoms with Gasteiger partial charge < -0.3 is 10.0 Å². The van der Waals surface area contributed by atoms with Crippen LogP contribution in [-0.4, -0.2) is 27.7 Å². The summed E-state index contributed by atoms with van der Waals surface area (Å²) >= 11 is 0. The third-order valence-corrected chi connectivity index (χ3v) is 4.35. The number of fused-ring (bicyclic) bond motifs is 2. The highest BCUT2D eigenvalue weighted by molar-refractivity contribution is 5.48. The summed E-state index contributed by atoms with van der Waals surface area (Å²) in [6.07, 6.45) is 0.809. The lowest BCUT2D eigenvalue weighted by atomic mass is 9.93. The molecular formula is C17H26N4O. The van der Waals surface area contributed by atoms with E-state index < -0.39 is 0 Å². The van der Waals surface area contributed by atoms with Crippen LogP contribution in [0.5, 0.6) is 5.88 Å². The van der Waals surface area contributed by atoms with E-state index in [1.807, 2.05) is 6.07 Å². The largest absolute Gasteiger partial charge is 0.858 e. The zero-order chi connectivity index (χ0) is 16.1. The number of aromatic nitrogens is 3. The fraction of sp³-hybridized carbons (Fsp3) is 0.647. The minimum Gasteiger partial charge on any atom is -0.858 e. The lowest BCUT2D eigenvalue weighted by Gasteiger charge is -2.29. The van der Waals surface area contributed by atoms with Crippen molar-refractivity contribution in [1.29, 1.82) is 0 Å². The predicted octanol–water partition coefficient (Wildman–Crippen LogP) is 0.697. The molecule has 2 aromatic heterocycles. The van der Waals surface area contributed by atoms with Crippen LogP contribution in [0.15, 0.2) is 6.07 Å². The predicted molar refractivity (Wildman–Crippen MR) is 84.1 cm³/mol. The van der Waals surface area contributed by atoms with Crippen molar-refractivity contribution in [2.75, 3.05) is 13.1 Å². The quantitative estimate of drug-likeness (QED) is 0.888. The Morgan fingerprint density at radius 3 is 2.73 bits per heavy atom. The van der Waals surface area contributed by atoms with E-state index in [4.69, 9.17) is 4.98 Å². The Morgan fingerprint density at radius 2 is 2.09 bits per heavy atom. The van der Waals surface area contributed by atoms with Crippen LogP contribution in [0.2, 0.25) is 0 Å². The summed E-state index contributed by atoms with van der Waals surface area (Å²) in [6, 6.07) is 1.96. The topological polar surface area (TPSA) is 57.7 Å². The highest BCUT2D eigenvalue weighted by Gasteiger charge is 2.25. The fourth-order valence-electron chi connectivity index (χ4n) is 3.20. The summed E-state index contributed by atoms with van der Waals surface area (Å²) < 4.78 is 1.49.